The number of nitrogens with zero attached hydrogens (tertiary/aromatic N) is 1. The van der Waals surface area contributed by atoms with Crippen LogP contribution in [0.5, 0.6) is 0 Å². The van der Waals surface area contributed by atoms with E-state index in [0.717, 1.165) is 25.4 Å². The molecule has 2 rings (SSSR count). The molecule has 0 N–H and O–H groups in total. The van der Waals surface area contributed by atoms with Crippen LogP contribution in [0.15, 0.2) is 0 Å². The summed E-state index contributed by atoms with van der Waals surface area (Å²) < 4.78 is 24.9. The maximum atomic E-state index is 11.6. The average Bonchev–Trinajstić information content (AvgIpc) is 2.31. The van der Waals surface area contributed by atoms with Crippen LogP contribution >= 0.6 is 15.9 Å². The predicted octanol–water partition coefficient (Wildman–Crippen LogP) is 3.00. The molecular weight excluding hydrogens is 314 g/mol. The van der Waals surface area contributed by atoms with Gasteiger partial charge in [0.1, 0.15) is 0 Å². The predicted molar refractivity (Wildman–Crippen MR) is 78.4 cm³/mol. The second kappa shape index (κ2) is 6.23. The topological polar surface area (TPSA) is 37.4 Å². The summed E-state index contributed by atoms with van der Waals surface area (Å²) in [5.74, 6) is 1.32. The summed E-state index contributed by atoms with van der Waals surface area (Å²) >= 11 is 3.80. The smallest absolute Gasteiger partial charge is 0.211 e. The highest BCUT2D eigenvalue weighted by molar-refractivity contribution is 9.09. The van der Waals surface area contributed by atoms with E-state index in [0.29, 0.717) is 10.7 Å². The standard InChI is InChI=1S/C13H24BrNO2S/c1-18(16,17)15-8-4-5-11(10-15)9-12-6-2-3-7-13(12)14/h11-13H,2-10H2,1H3. The first kappa shape index (κ1) is 14.8. The van der Waals surface area contributed by atoms with E-state index in [1.807, 2.05) is 0 Å². The first-order valence-electron chi connectivity index (χ1n) is 7.06. The van der Waals surface area contributed by atoms with E-state index >= 15 is 0 Å². The van der Waals surface area contributed by atoms with Crippen LogP contribution in [0.1, 0.15) is 44.9 Å². The van der Waals surface area contributed by atoms with Crippen molar-refractivity contribution in [2.24, 2.45) is 11.8 Å². The second-order valence-corrected chi connectivity index (χ2v) is 9.08. The first-order chi connectivity index (χ1) is 8.47. The minimum absolute atomic E-state index is 0.566. The van der Waals surface area contributed by atoms with Crippen LogP contribution in [0, 0.1) is 11.8 Å². The van der Waals surface area contributed by atoms with Gasteiger partial charge in [0.05, 0.1) is 6.26 Å². The maximum Gasteiger partial charge on any atom is 0.211 e. The third kappa shape index (κ3) is 3.94. The van der Waals surface area contributed by atoms with E-state index in [4.69, 9.17) is 0 Å². The Kier molecular flexibility index (Phi) is 5.12. The zero-order valence-electron chi connectivity index (χ0n) is 11.1. The molecule has 0 aromatic rings. The van der Waals surface area contributed by atoms with Crippen molar-refractivity contribution in [1.29, 1.82) is 0 Å². The largest absolute Gasteiger partial charge is 0.213 e. The molecule has 1 heterocycles. The van der Waals surface area contributed by atoms with Gasteiger partial charge >= 0.3 is 0 Å². The van der Waals surface area contributed by atoms with Crippen molar-refractivity contribution < 1.29 is 8.42 Å². The Morgan fingerprint density at radius 2 is 1.89 bits per heavy atom. The summed E-state index contributed by atoms with van der Waals surface area (Å²) in [6, 6.07) is 0. The lowest BCUT2D eigenvalue weighted by atomic mass is 9.80. The van der Waals surface area contributed by atoms with Gasteiger partial charge < -0.3 is 0 Å². The zero-order chi connectivity index (χ0) is 13.2. The Morgan fingerprint density at radius 3 is 2.56 bits per heavy atom. The van der Waals surface area contributed by atoms with E-state index in [1.165, 1.54) is 44.8 Å². The molecule has 3 atom stereocenters. The Hall–Kier alpha value is 0.390. The summed E-state index contributed by atoms with van der Waals surface area (Å²) in [4.78, 5) is 0.653. The van der Waals surface area contributed by atoms with Gasteiger partial charge in [-0.1, -0.05) is 28.8 Å². The summed E-state index contributed by atoms with van der Waals surface area (Å²) in [7, 11) is -2.99. The Bertz CT molecular complexity index is 371. The molecule has 0 radical (unpaired) electrons. The monoisotopic (exact) mass is 337 g/mol. The highest BCUT2D eigenvalue weighted by Gasteiger charge is 2.30. The van der Waals surface area contributed by atoms with E-state index in [1.54, 1.807) is 4.31 Å². The molecule has 0 aromatic carbocycles. The van der Waals surface area contributed by atoms with E-state index in [9.17, 15) is 8.42 Å². The van der Waals surface area contributed by atoms with Crippen molar-refractivity contribution in [2.45, 2.75) is 49.8 Å². The number of hydrogen-bond donors (Lipinski definition) is 0. The normalized spacial score (nSPS) is 35.6. The van der Waals surface area contributed by atoms with Gasteiger partial charge in [0.25, 0.3) is 0 Å². The second-order valence-electron chi connectivity index (χ2n) is 5.93. The molecule has 1 saturated carbocycles. The van der Waals surface area contributed by atoms with Crippen molar-refractivity contribution >= 4 is 26.0 Å². The highest BCUT2D eigenvalue weighted by atomic mass is 79.9. The Labute approximate surface area is 119 Å². The van der Waals surface area contributed by atoms with E-state index < -0.39 is 10.0 Å². The van der Waals surface area contributed by atoms with Crippen molar-refractivity contribution in [2.75, 3.05) is 19.3 Å². The van der Waals surface area contributed by atoms with Gasteiger partial charge in [-0.15, -0.1) is 0 Å². The summed E-state index contributed by atoms with van der Waals surface area (Å²) in [6.45, 7) is 1.47. The molecule has 3 unspecified atom stereocenters. The number of hydrogen-bond acceptors (Lipinski definition) is 2. The molecule has 5 heteroatoms. The van der Waals surface area contributed by atoms with Gasteiger partial charge in [0.2, 0.25) is 10.0 Å². The van der Waals surface area contributed by atoms with Crippen LogP contribution in [0.25, 0.3) is 0 Å². The number of sulfonamides is 1. The van der Waals surface area contributed by atoms with E-state index in [-0.39, 0.29) is 0 Å². The fourth-order valence-electron chi connectivity index (χ4n) is 3.38. The van der Waals surface area contributed by atoms with Gasteiger partial charge in [-0.25, -0.2) is 12.7 Å². The molecule has 0 amide bonds. The quantitative estimate of drug-likeness (QED) is 0.742. The Balaban J connectivity index is 1.89. The van der Waals surface area contributed by atoms with Gasteiger partial charge in [-0.3, -0.25) is 0 Å². The van der Waals surface area contributed by atoms with Crippen LogP contribution in [0.3, 0.4) is 0 Å². The van der Waals surface area contributed by atoms with Crippen LogP contribution in [0.2, 0.25) is 0 Å². The van der Waals surface area contributed by atoms with Crippen LogP contribution < -0.4 is 0 Å². The molecule has 0 aromatic heterocycles. The highest BCUT2D eigenvalue weighted by Crippen LogP contribution is 2.36. The van der Waals surface area contributed by atoms with Crippen LogP contribution in [-0.4, -0.2) is 36.9 Å². The number of piperidine rings is 1. The molecular formula is C13H24BrNO2S. The van der Waals surface area contributed by atoms with Crippen molar-refractivity contribution in [3.05, 3.63) is 0 Å². The lowest BCUT2D eigenvalue weighted by Crippen LogP contribution is -2.40. The third-order valence-electron chi connectivity index (χ3n) is 4.40. The number of rotatable bonds is 3. The average molecular weight is 338 g/mol. The number of alkyl halides is 1. The first-order valence-corrected chi connectivity index (χ1v) is 9.82. The lowest BCUT2D eigenvalue weighted by molar-refractivity contribution is 0.213. The molecule has 2 fully saturated rings. The summed E-state index contributed by atoms with van der Waals surface area (Å²) in [5.41, 5.74) is 0. The molecule has 106 valence electrons. The third-order valence-corrected chi connectivity index (χ3v) is 6.88. The fraction of sp³-hybridized carbons (Fsp3) is 1.00. The van der Waals surface area contributed by atoms with Gasteiger partial charge in [-0.2, -0.15) is 0 Å². The molecule has 1 saturated heterocycles. The molecule has 0 bridgehead atoms. The van der Waals surface area contributed by atoms with Crippen molar-refractivity contribution in [3.63, 3.8) is 0 Å². The zero-order valence-corrected chi connectivity index (χ0v) is 13.5. The molecule has 2 aliphatic rings. The minimum Gasteiger partial charge on any atom is -0.213 e. The van der Waals surface area contributed by atoms with Crippen molar-refractivity contribution in [1.82, 2.24) is 4.31 Å². The SMILES string of the molecule is CS(=O)(=O)N1CCCC(CC2CCCCC2Br)C1. The lowest BCUT2D eigenvalue weighted by Gasteiger charge is -2.35. The fourth-order valence-corrected chi connectivity index (χ4v) is 5.12. The molecule has 1 aliphatic heterocycles. The van der Waals surface area contributed by atoms with Gasteiger partial charge in [0, 0.05) is 17.9 Å². The van der Waals surface area contributed by atoms with E-state index in [2.05, 4.69) is 15.9 Å². The van der Waals surface area contributed by atoms with Crippen molar-refractivity contribution in [3.8, 4) is 0 Å². The molecule has 18 heavy (non-hydrogen) atoms. The molecule has 1 aliphatic carbocycles. The Morgan fingerprint density at radius 1 is 1.17 bits per heavy atom. The molecule has 0 spiro atoms. The van der Waals surface area contributed by atoms with Gasteiger partial charge in [-0.05, 0) is 43.9 Å². The van der Waals surface area contributed by atoms with Crippen LogP contribution in [-0.2, 0) is 10.0 Å². The van der Waals surface area contributed by atoms with Gasteiger partial charge in [0.15, 0.2) is 0 Å². The summed E-state index contributed by atoms with van der Waals surface area (Å²) in [5, 5.41) is 0. The van der Waals surface area contributed by atoms with Crippen LogP contribution in [0.4, 0.5) is 0 Å². The number of halogens is 1. The molecule has 3 nitrogen and oxygen atoms in total. The summed E-state index contributed by atoms with van der Waals surface area (Å²) in [6.07, 6.45) is 10.0. The minimum atomic E-state index is -2.99. The maximum absolute atomic E-state index is 11.6.